The fourth-order valence-corrected chi connectivity index (χ4v) is 1.25. The van der Waals surface area contributed by atoms with Gasteiger partial charge in [-0.3, -0.25) is 4.99 Å². The summed E-state index contributed by atoms with van der Waals surface area (Å²) in [4.78, 5) is 6.50. The van der Waals surface area contributed by atoms with E-state index in [2.05, 4.69) is 43.0 Å². The molecule has 1 N–H and O–H groups in total. The van der Waals surface area contributed by atoms with Crippen LogP contribution >= 0.6 is 0 Å². The number of rotatable bonds is 7. The summed E-state index contributed by atoms with van der Waals surface area (Å²) in [6, 6.07) is 1.12. The molecule has 14 heavy (non-hydrogen) atoms. The Morgan fingerprint density at radius 1 is 1.36 bits per heavy atom. The molecular weight excluding hydrogens is 174 g/mol. The predicted octanol–water partition coefficient (Wildman–Crippen LogP) is 1.74. The Balaban J connectivity index is 3.70. The van der Waals surface area contributed by atoms with Crippen LogP contribution in [0, 0.1) is 0 Å². The largest absolute Gasteiger partial charge is 0.373 e. The lowest BCUT2D eigenvalue weighted by Crippen LogP contribution is -2.40. The average Bonchev–Trinajstić information content (AvgIpc) is 2.16. The molecule has 2 atom stereocenters. The van der Waals surface area contributed by atoms with Gasteiger partial charge in [0.05, 0.1) is 6.34 Å². The Kier molecular flexibility index (Phi) is 7.48. The molecule has 0 radical (unpaired) electrons. The van der Waals surface area contributed by atoms with Crippen molar-refractivity contribution in [3.63, 3.8) is 0 Å². The topological polar surface area (TPSA) is 27.6 Å². The maximum Gasteiger partial charge on any atom is 0.0826 e. The Hall–Kier alpha value is -0.570. The minimum absolute atomic E-state index is 0.462. The molecule has 0 saturated carbocycles. The quantitative estimate of drug-likeness (QED) is 0.499. The SMILES string of the molecule is CCN=CNC(C)CN(C)C(C)CC. The van der Waals surface area contributed by atoms with Crippen molar-refractivity contribution in [1.82, 2.24) is 10.2 Å². The van der Waals surface area contributed by atoms with E-state index in [0.717, 1.165) is 13.1 Å². The second kappa shape index (κ2) is 7.80. The molecule has 3 heteroatoms. The number of hydrogen-bond donors (Lipinski definition) is 1. The predicted molar refractivity (Wildman–Crippen MR) is 64.0 cm³/mol. The zero-order chi connectivity index (χ0) is 11.0. The highest BCUT2D eigenvalue weighted by Crippen LogP contribution is 2.00. The Bertz CT molecular complexity index is 157. The number of aliphatic imine (C=N–C) groups is 1. The zero-order valence-corrected chi connectivity index (χ0v) is 10.2. The van der Waals surface area contributed by atoms with Crippen molar-refractivity contribution in [2.75, 3.05) is 20.1 Å². The molecule has 0 spiro atoms. The first-order valence-electron chi connectivity index (χ1n) is 5.56. The molecule has 0 aliphatic heterocycles. The second-order valence-corrected chi connectivity index (χ2v) is 3.89. The minimum Gasteiger partial charge on any atom is -0.373 e. The smallest absolute Gasteiger partial charge is 0.0826 e. The van der Waals surface area contributed by atoms with Crippen LogP contribution in [0.15, 0.2) is 4.99 Å². The van der Waals surface area contributed by atoms with Crippen molar-refractivity contribution in [2.45, 2.75) is 46.2 Å². The molecule has 0 aliphatic carbocycles. The summed E-state index contributed by atoms with van der Waals surface area (Å²) in [5, 5.41) is 3.26. The standard InChI is InChI=1S/C11H25N3/c1-6-11(4)14(5)8-10(3)13-9-12-7-2/h9-11H,6-8H2,1-5H3,(H,12,13). The van der Waals surface area contributed by atoms with Crippen LogP contribution in [0.1, 0.15) is 34.1 Å². The van der Waals surface area contributed by atoms with Crippen LogP contribution in [-0.2, 0) is 0 Å². The lowest BCUT2D eigenvalue weighted by molar-refractivity contribution is 0.236. The maximum absolute atomic E-state index is 4.13. The van der Waals surface area contributed by atoms with Gasteiger partial charge in [-0.25, -0.2) is 0 Å². The fraction of sp³-hybridized carbons (Fsp3) is 0.909. The highest BCUT2D eigenvalue weighted by Gasteiger charge is 2.09. The van der Waals surface area contributed by atoms with Gasteiger partial charge in [0.15, 0.2) is 0 Å². The monoisotopic (exact) mass is 199 g/mol. The molecule has 0 rings (SSSR count). The molecule has 0 aromatic carbocycles. The molecule has 2 unspecified atom stereocenters. The van der Waals surface area contributed by atoms with Crippen molar-refractivity contribution in [3.8, 4) is 0 Å². The highest BCUT2D eigenvalue weighted by molar-refractivity contribution is 5.54. The molecule has 3 nitrogen and oxygen atoms in total. The first-order chi connectivity index (χ1) is 6.61. The molecule has 84 valence electrons. The molecule has 0 saturated heterocycles. The third kappa shape index (κ3) is 5.97. The molecule has 0 aromatic rings. The van der Waals surface area contributed by atoms with Gasteiger partial charge < -0.3 is 10.2 Å². The summed E-state index contributed by atoms with van der Waals surface area (Å²) in [5.41, 5.74) is 0. The summed E-state index contributed by atoms with van der Waals surface area (Å²) in [6.45, 7) is 10.6. The van der Waals surface area contributed by atoms with E-state index in [9.17, 15) is 0 Å². The van der Waals surface area contributed by atoms with Gasteiger partial charge in [0.2, 0.25) is 0 Å². The lowest BCUT2D eigenvalue weighted by atomic mass is 10.2. The van der Waals surface area contributed by atoms with Gasteiger partial charge in [0, 0.05) is 25.2 Å². The summed E-state index contributed by atoms with van der Waals surface area (Å²) in [6.07, 6.45) is 3.02. The van der Waals surface area contributed by atoms with Crippen molar-refractivity contribution >= 4 is 6.34 Å². The summed E-state index contributed by atoms with van der Waals surface area (Å²) in [7, 11) is 2.17. The zero-order valence-electron chi connectivity index (χ0n) is 10.2. The maximum atomic E-state index is 4.13. The van der Waals surface area contributed by atoms with Crippen LogP contribution in [0.4, 0.5) is 0 Å². The number of nitrogens with zero attached hydrogens (tertiary/aromatic N) is 2. The average molecular weight is 199 g/mol. The summed E-state index contributed by atoms with van der Waals surface area (Å²) < 4.78 is 0. The summed E-state index contributed by atoms with van der Waals surface area (Å²) >= 11 is 0. The van der Waals surface area contributed by atoms with Crippen molar-refractivity contribution in [3.05, 3.63) is 0 Å². The van der Waals surface area contributed by atoms with Gasteiger partial charge in [0.25, 0.3) is 0 Å². The fourth-order valence-electron chi connectivity index (χ4n) is 1.25. The van der Waals surface area contributed by atoms with Gasteiger partial charge in [0.1, 0.15) is 0 Å². The third-order valence-electron chi connectivity index (χ3n) is 2.54. The Morgan fingerprint density at radius 3 is 2.50 bits per heavy atom. The van der Waals surface area contributed by atoms with E-state index in [1.807, 2.05) is 13.3 Å². The van der Waals surface area contributed by atoms with Gasteiger partial charge in [-0.15, -0.1) is 0 Å². The van der Waals surface area contributed by atoms with Crippen LogP contribution in [0.25, 0.3) is 0 Å². The van der Waals surface area contributed by atoms with Crippen LogP contribution in [0.3, 0.4) is 0 Å². The van der Waals surface area contributed by atoms with E-state index in [4.69, 9.17) is 0 Å². The van der Waals surface area contributed by atoms with Crippen LogP contribution in [0.2, 0.25) is 0 Å². The van der Waals surface area contributed by atoms with Crippen molar-refractivity contribution in [2.24, 2.45) is 4.99 Å². The lowest BCUT2D eigenvalue weighted by Gasteiger charge is -2.26. The van der Waals surface area contributed by atoms with Gasteiger partial charge in [-0.2, -0.15) is 0 Å². The van der Waals surface area contributed by atoms with E-state index in [-0.39, 0.29) is 0 Å². The minimum atomic E-state index is 0.462. The Labute approximate surface area is 88.6 Å². The molecule has 0 aromatic heterocycles. The third-order valence-corrected chi connectivity index (χ3v) is 2.54. The first kappa shape index (κ1) is 13.4. The highest BCUT2D eigenvalue weighted by atomic mass is 15.1. The molecule has 0 amide bonds. The van der Waals surface area contributed by atoms with Crippen LogP contribution < -0.4 is 5.32 Å². The van der Waals surface area contributed by atoms with E-state index < -0.39 is 0 Å². The van der Waals surface area contributed by atoms with Crippen LogP contribution in [0.5, 0.6) is 0 Å². The van der Waals surface area contributed by atoms with Gasteiger partial charge in [-0.05, 0) is 34.2 Å². The van der Waals surface area contributed by atoms with E-state index in [1.54, 1.807) is 0 Å². The van der Waals surface area contributed by atoms with E-state index in [1.165, 1.54) is 6.42 Å². The van der Waals surface area contributed by atoms with Crippen LogP contribution in [-0.4, -0.2) is 43.5 Å². The Morgan fingerprint density at radius 2 is 2.00 bits per heavy atom. The first-order valence-corrected chi connectivity index (χ1v) is 5.56. The molecule has 0 fully saturated rings. The normalized spacial score (nSPS) is 16.1. The molecular formula is C11H25N3. The van der Waals surface area contributed by atoms with E-state index >= 15 is 0 Å². The van der Waals surface area contributed by atoms with Crippen molar-refractivity contribution < 1.29 is 0 Å². The van der Waals surface area contributed by atoms with E-state index in [0.29, 0.717) is 12.1 Å². The number of hydrogen-bond acceptors (Lipinski definition) is 2. The van der Waals surface area contributed by atoms with Gasteiger partial charge in [-0.1, -0.05) is 6.92 Å². The summed E-state index contributed by atoms with van der Waals surface area (Å²) in [5.74, 6) is 0. The molecule has 0 heterocycles. The number of likely N-dealkylation sites (N-methyl/N-ethyl adjacent to an activating group) is 1. The van der Waals surface area contributed by atoms with Crippen molar-refractivity contribution in [1.29, 1.82) is 0 Å². The van der Waals surface area contributed by atoms with Gasteiger partial charge >= 0.3 is 0 Å². The second-order valence-electron chi connectivity index (χ2n) is 3.89. The molecule has 0 aliphatic rings. The molecule has 0 bridgehead atoms. The number of nitrogens with one attached hydrogen (secondary N) is 1.